The zero-order chi connectivity index (χ0) is 15.0. The lowest BCUT2D eigenvalue weighted by Gasteiger charge is -2.17. The Morgan fingerprint density at radius 1 is 1.45 bits per heavy atom. The van der Waals surface area contributed by atoms with Crippen molar-refractivity contribution in [3.8, 4) is 0 Å². The van der Waals surface area contributed by atoms with Crippen LogP contribution < -0.4 is 0 Å². The fourth-order valence-corrected chi connectivity index (χ4v) is 2.67. The molecule has 1 amide bonds. The van der Waals surface area contributed by atoms with Gasteiger partial charge in [-0.2, -0.15) is 0 Å². The zero-order valence-corrected chi connectivity index (χ0v) is 13.3. The molecule has 0 aliphatic carbocycles. The van der Waals surface area contributed by atoms with Gasteiger partial charge in [-0.25, -0.2) is 0 Å². The molecule has 0 unspecified atom stereocenters. The number of hydrogen-bond acceptors (Lipinski definition) is 5. The molecule has 0 aliphatic rings. The number of unbranched alkanes of at least 4 members (excludes halogenated alkanes) is 2. The summed E-state index contributed by atoms with van der Waals surface area (Å²) in [4.78, 5) is 13.7. The number of rotatable bonds is 9. The van der Waals surface area contributed by atoms with Gasteiger partial charge in [0.25, 0.3) is 0 Å². The van der Waals surface area contributed by atoms with Crippen LogP contribution in [0, 0.1) is 0 Å². The molecule has 0 spiro atoms. The standard InChI is InChI=1S/C13H24N4O2S/c1-11(2)17-10-14-15-13(17)20-9-12(19)16(3)7-5-4-6-8-18/h10-11,18H,4-9H2,1-3H3. The van der Waals surface area contributed by atoms with Crippen LogP contribution in [0.5, 0.6) is 0 Å². The fourth-order valence-electron chi connectivity index (χ4n) is 1.69. The number of amides is 1. The highest BCUT2D eigenvalue weighted by molar-refractivity contribution is 7.99. The number of hydrogen-bond donors (Lipinski definition) is 1. The highest BCUT2D eigenvalue weighted by Gasteiger charge is 2.13. The van der Waals surface area contributed by atoms with Crippen LogP contribution in [-0.2, 0) is 4.79 Å². The van der Waals surface area contributed by atoms with Gasteiger partial charge in [0.15, 0.2) is 5.16 Å². The Morgan fingerprint density at radius 3 is 2.85 bits per heavy atom. The van der Waals surface area contributed by atoms with Gasteiger partial charge in [-0.1, -0.05) is 11.8 Å². The van der Waals surface area contributed by atoms with E-state index in [0.717, 1.165) is 31.0 Å². The summed E-state index contributed by atoms with van der Waals surface area (Å²) in [6.07, 6.45) is 4.36. The van der Waals surface area contributed by atoms with Crippen LogP contribution in [0.15, 0.2) is 11.5 Å². The van der Waals surface area contributed by atoms with Crippen molar-refractivity contribution in [3.63, 3.8) is 0 Å². The van der Waals surface area contributed by atoms with Gasteiger partial charge in [0.2, 0.25) is 5.91 Å². The number of thioether (sulfide) groups is 1. The predicted octanol–water partition coefficient (Wildman–Crippen LogP) is 1.57. The number of aliphatic hydroxyl groups is 1. The zero-order valence-electron chi connectivity index (χ0n) is 12.4. The Labute approximate surface area is 124 Å². The average molecular weight is 300 g/mol. The molecule has 1 heterocycles. The third-order valence-corrected chi connectivity index (χ3v) is 3.94. The molecule has 1 rings (SSSR count). The first-order valence-electron chi connectivity index (χ1n) is 6.93. The molecule has 0 saturated heterocycles. The van der Waals surface area contributed by atoms with Crippen LogP contribution in [0.2, 0.25) is 0 Å². The lowest BCUT2D eigenvalue weighted by molar-refractivity contribution is -0.127. The lowest BCUT2D eigenvalue weighted by Crippen LogP contribution is -2.29. The Morgan fingerprint density at radius 2 is 2.20 bits per heavy atom. The van der Waals surface area contributed by atoms with Gasteiger partial charge in [-0.15, -0.1) is 10.2 Å². The van der Waals surface area contributed by atoms with E-state index in [0.29, 0.717) is 11.8 Å². The topological polar surface area (TPSA) is 71.2 Å². The molecule has 0 atom stereocenters. The van der Waals surface area contributed by atoms with Crippen molar-refractivity contribution < 1.29 is 9.90 Å². The van der Waals surface area contributed by atoms with Gasteiger partial charge >= 0.3 is 0 Å². The summed E-state index contributed by atoms with van der Waals surface area (Å²) >= 11 is 1.42. The number of nitrogens with zero attached hydrogens (tertiary/aromatic N) is 4. The van der Waals surface area contributed by atoms with E-state index in [1.54, 1.807) is 11.2 Å². The normalized spacial score (nSPS) is 11.1. The summed E-state index contributed by atoms with van der Waals surface area (Å²) in [6.45, 7) is 5.07. The van der Waals surface area contributed by atoms with E-state index in [1.807, 2.05) is 11.6 Å². The molecule has 20 heavy (non-hydrogen) atoms. The molecule has 0 saturated carbocycles. The maximum absolute atomic E-state index is 12.0. The summed E-state index contributed by atoms with van der Waals surface area (Å²) in [5.74, 6) is 0.472. The molecule has 1 N–H and O–H groups in total. The van der Waals surface area contributed by atoms with Gasteiger partial charge in [0, 0.05) is 26.2 Å². The predicted molar refractivity (Wildman–Crippen MR) is 79.7 cm³/mol. The summed E-state index contributed by atoms with van der Waals surface area (Å²) in [5, 5.41) is 17.4. The van der Waals surface area contributed by atoms with Gasteiger partial charge in [0.05, 0.1) is 5.75 Å². The van der Waals surface area contributed by atoms with Gasteiger partial charge in [0.1, 0.15) is 6.33 Å². The number of aliphatic hydroxyl groups excluding tert-OH is 1. The molecule has 7 heteroatoms. The van der Waals surface area contributed by atoms with Crippen molar-refractivity contribution in [1.29, 1.82) is 0 Å². The van der Waals surface area contributed by atoms with Gasteiger partial charge in [-0.3, -0.25) is 4.79 Å². The third-order valence-electron chi connectivity index (χ3n) is 3.00. The first-order valence-corrected chi connectivity index (χ1v) is 7.92. The van der Waals surface area contributed by atoms with Crippen LogP contribution >= 0.6 is 11.8 Å². The lowest BCUT2D eigenvalue weighted by atomic mass is 10.2. The summed E-state index contributed by atoms with van der Waals surface area (Å²) in [7, 11) is 1.81. The Bertz CT molecular complexity index is 409. The second-order valence-electron chi connectivity index (χ2n) is 5.00. The highest BCUT2D eigenvalue weighted by Crippen LogP contribution is 2.18. The van der Waals surface area contributed by atoms with Crippen LogP contribution in [0.3, 0.4) is 0 Å². The van der Waals surface area contributed by atoms with E-state index < -0.39 is 0 Å². The average Bonchev–Trinajstić information content (AvgIpc) is 2.89. The SMILES string of the molecule is CC(C)n1cnnc1SCC(=O)N(C)CCCCCO. The van der Waals surface area contributed by atoms with Crippen LogP contribution in [0.1, 0.15) is 39.2 Å². The number of carbonyl (C=O) groups is 1. The van der Waals surface area contributed by atoms with Crippen molar-refractivity contribution >= 4 is 17.7 Å². The van der Waals surface area contributed by atoms with E-state index in [9.17, 15) is 4.79 Å². The second-order valence-corrected chi connectivity index (χ2v) is 5.95. The molecular formula is C13H24N4O2S. The van der Waals surface area contributed by atoms with Crippen LogP contribution in [0.4, 0.5) is 0 Å². The Hall–Kier alpha value is -1.08. The Kier molecular flexibility index (Phi) is 7.61. The highest BCUT2D eigenvalue weighted by atomic mass is 32.2. The smallest absolute Gasteiger partial charge is 0.232 e. The second kappa shape index (κ2) is 8.97. The van der Waals surface area contributed by atoms with Gasteiger partial charge in [-0.05, 0) is 33.1 Å². The van der Waals surface area contributed by atoms with E-state index in [4.69, 9.17) is 5.11 Å². The molecule has 1 aromatic heterocycles. The van der Waals surface area contributed by atoms with Crippen LogP contribution in [0.25, 0.3) is 0 Å². The maximum atomic E-state index is 12.0. The van der Waals surface area contributed by atoms with Crippen molar-refractivity contribution in [2.24, 2.45) is 0 Å². The van der Waals surface area contributed by atoms with E-state index in [1.165, 1.54) is 11.8 Å². The maximum Gasteiger partial charge on any atom is 0.232 e. The van der Waals surface area contributed by atoms with Crippen molar-refractivity contribution in [3.05, 3.63) is 6.33 Å². The summed E-state index contributed by atoms with van der Waals surface area (Å²) < 4.78 is 1.96. The molecule has 0 fully saturated rings. The minimum absolute atomic E-state index is 0.0947. The molecule has 0 bridgehead atoms. The molecule has 1 aromatic rings. The minimum Gasteiger partial charge on any atom is -0.396 e. The first kappa shape index (κ1) is 17.0. The van der Waals surface area contributed by atoms with Crippen molar-refractivity contribution in [1.82, 2.24) is 19.7 Å². The van der Waals surface area contributed by atoms with Crippen molar-refractivity contribution in [2.75, 3.05) is 26.0 Å². The molecule has 0 aromatic carbocycles. The third kappa shape index (κ3) is 5.50. The summed E-state index contributed by atoms with van der Waals surface area (Å²) in [6, 6.07) is 0.291. The first-order chi connectivity index (χ1) is 9.56. The van der Waals surface area contributed by atoms with Crippen molar-refractivity contribution in [2.45, 2.75) is 44.3 Å². The molecule has 6 nitrogen and oxygen atoms in total. The quantitative estimate of drug-likeness (QED) is 0.554. The molecule has 0 radical (unpaired) electrons. The van der Waals surface area contributed by atoms with Crippen LogP contribution in [-0.4, -0.2) is 56.6 Å². The summed E-state index contributed by atoms with van der Waals surface area (Å²) in [5.41, 5.74) is 0. The fraction of sp³-hybridized carbons (Fsp3) is 0.769. The largest absolute Gasteiger partial charge is 0.396 e. The molecule has 0 aliphatic heterocycles. The minimum atomic E-state index is 0.0947. The van der Waals surface area contributed by atoms with Gasteiger partial charge < -0.3 is 14.6 Å². The van der Waals surface area contributed by atoms with E-state index >= 15 is 0 Å². The Balaban J connectivity index is 2.33. The molecular weight excluding hydrogens is 276 g/mol. The van der Waals surface area contributed by atoms with E-state index in [2.05, 4.69) is 24.0 Å². The molecule has 114 valence electrons. The number of aromatic nitrogens is 3. The van der Waals surface area contributed by atoms with E-state index in [-0.39, 0.29) is 12.5 Å². The number of carbonyl (C=O) groups excluding carboxylic acids is 1. The monoisotopic (exact) mass is 300 g/mol.